The summed E-state index contributed by atoms with van der Waals surface area (Å²) >= 11 is 4.95. The summed E-state index contributed by atoms with van der Waals surface area (Å²) in [5.41, 5.74) is 6.88. The predicted molar refractivity (Wildman–Crippen MR) is 81.2 cm³/mol. The van der Waals surface area contributed by atoms with Crippen LogP contribution in [0, 0.1) is 5.92 Å². The second kappa shape index (κ2) is 7.21. The molecule has 0 aromatic heterocycles. The van der Waals surface area contributed by atoms with Crippen molar-refractivity contribution in [2.45, 2.75) is 26.9 Å². The van der Waals surface area contributed by atoms with Crippen LogP contribution in [0.15, 0.2) is 24.3 Å². The fraction of sp³-hybridized carbons (Fsp3) is 0.429. The maximum atomic E-state index is 12.0. The molecule has 0 bridgehead atoms. The van der Waals surface area contributed by atoms with E-state index in [1.807, 2.05) is 26.0 Å². The number of ether oxygens (including phenoxy) is 1. The molecule has 0 spiro atoms. The number of nitrogens with one attached hydrogen (secondary N) is 1. The van der Waals surface area contributed by atoms with E-state index in [0.29, 0.717) is 23.8 Å². The molecule has 0 aliphatic heterocycles. The smallest absolute Gasteiger partial charge is 0.253 e. The fourth-order valence-corrected chi connectivity index (χ4v) is 1.63. The first-order valence-corrected chi connectivity index (χ1v) is 6.64. The Kier molecular flexibility index (Phi) is 5.92. The lowest BCUT2D eigenvalue weighted by molar-refractivity contribution is -0.126. The van der Waals surface area contributed by atoms with Crippen molar-refractivity contribution in [1.29, 1.82) is 0 Å². The van der Waals surface area contributed by atoms with Crippen molar-refractivity contribution in [2.75, 3.05) is 11.9 Å². The highest BCUT2D eigenvalue weighted by molar-refractivity contribution is 7.80. The Hall–Kier alpha value is -1.46. The molecule has 104 valence electrons. The molecule has 1 unspecified atom stereocenters. The van der Waals surface area contributed by atoms with Crippen LogP contribution in [0.1, 0.15) is 26.3 Å². The average molecular weight is 280 g/mol. The highest BCUT2D eigenvalue weighted by atomic mass is 32.1. The molecule has 0 fully saturated rings. The summed E-state index contributed by atoms with van der Waals surface area (Å²) in [5.74, 6) is 0.184. The maximum absolute atomic E-state index is 12.0. The van der Waals surface area contributed by atoms with Crippen LogP contribution in [0.25, 0.3) is 0 Å². The van der Waals surface area contributed by atoms with Crippen LogP contribution in [0.2, 0.25) is 0 Å². The van der Waals surface area contributed by atoms with Gasteiger partial charge in [0.2, 0.25) is 0 Å². The standard InChI is InChI=1S/C14H20N2O2S/c1-9(2)8-18-10(3)14(17)16-12-7-5-4-6-11(12)13(15)19/h4-7,9-10H,8H2,1-3H3,(H2,15,19)(H,16,17). The van der Waals surface area contributed by atoms with Crippen LogP contribution in [0.3, 0.4) is 0 Å². The number of thiocarbonyl (C=S) groups is 1. The van der Waals surface area contributed by atoms with E-state index in [4.69, 9.17) is 22.7 Å². The number of hydrogen-bond donors (Lipinski definition) is 2. The van der Waals surface area contributed by atoms with Crippen molar-refractivity contribution in [2.24, 2.45) is 11.7 Å². The van der Waals surface area contributed by atoms with Crippen molar-refractivity contribution >= 4 is 28.8 Å². The molecule has 3 N–H and O–H groups in total. The van der Waals surface area contributed by atoms with E-state index in [1.54, 1.807) is 19.1 Å². The molecule has 5 heteroatoms. The largest absolute Gasteiger partial charge is 0.389 e. The molecule has 0 saturated heterocycles. The van der Waals surface area contributed by atoms with E-state index in [2.05, 4.69) is 5.32 Å². The van der Waals surface area contributed by atoms with Gasteiger partial charge in [0.25, 0.3) is 5.91 Å². The minimum atomic E-state index is -0.512. The van der Waals surface area contributed by atoms with Crippen molar-refractivity contribution in [3.63, 3.8) is 0 Å². The molecule has 1 atom stereocenters. The molecule has 1 aromatic carbocycles. The highest BCUT2D eigenvalue weighted by Crippen LogP contribution is 2.15. The minimum absolute atomic E-state index is 0.204. The molecule has 1 aromatic rings. The quantitative estimate of drug-likeness (QED) is 0.785. The van der Waals surface area contributed by atoms with Gasteiger partial charge in [-0.2, -0.15) is 0 Å². The zero-order chi connectivity index (χ0) is 14.4. The van der Waals surface area contributed by atoms with E-state index < -0.39 is 6.10 Å². The van der Waals surface area contributed by atoms with Crippen molar-refractivity contribution in [1.82, 2.24) is 0 Å². The first kappa shape index (κ1) is 15.6. The van der Waals surface area contributed by atoms with Crippen LogP contribution >= 0.6 is 12.2 Å². The van der Waals surface area contributed by atoms with E-state index in [-0.39, 0.29) is 10.9 Å². The SMILES string of the molecule is CC(C)COC(C)C(=O)Nc1ccccc1C(N)=S. The molecule has 0 radical (unpaired) electrons. The van der Waals surface area contributed by atoms with E-state index >= 15 is 0 Å². The van der Waals surface area contributed by atoms with Gasteiger partial charge in [0, 0.05) is 12.2 Å². The molecular formula is C14H20N2O2S. The van der Waals surface area contributed by atoms with Crippen molar-refractivity contribution in [3.8, 4) is 0 Å². The fourth-order valence-electron chi connectivity index (χ4n) is 1.45. The summed E-state index contributed by atoms with van der Waals surface area (Å²) in [6.45, 7) is 6.34. The summed E-state index contributed by atoms with van der Waals surface area (Å²) in [5, 5.41) is 2.78. The Morgan fingerprint density at radius 2 is 2.00 bits per heavy atom. The van der Waals surface area contributed by atoms with Crippen LogP contribution in [-0.4, -0.2) is 23.6 Å². The topological polar surface area (TPSA) is 64.3 Å². The molecule has 0 aliphatic carbocycles. The summed E-state index contributed by atoms with van der Waals surface area (Å²) < 4.78 is 5.46. The Morgan fingerprint density at radius 3 is 2.58 bits per heavy atom. The molecular weight excluding hydrogens is 260 g/mol. The number of amides is 1. The lowest BCUT2D eigenvalue weighted by atomic mass is 10.1. The number of benzene rings is 1. The number of rotatable bonds is 6. The number of para-hydroxylation sites is 1. The Bertz CT molecular complexity index is 461. The molecule has 0 aliphatic rings. The summed E-state index contributed by atoms with van der Waals surface area (Å²) in [6.07, 6.45) is -0.512. The van der Waals surface area contributed by atoms with Crippen LogP contribution < -0.4 is 11.1 Å². The van der Waals surface area contributed by atoms with Gasteiger partial charge < -0.3 is 15.8 Å². The van der Waals surface area contributed by atoms with Crippen LogP contribution in [0.5, 0.6) is 0 Å². The molecule has 1 rings (SSSR count). The maximum Gasteiger partial charge on any atom is 0.253 e. The summed E-state index contributed by atoms with van der Waals surface area (Å²) in [7, 11) is 0. The van der Waals surface area contributed by atoms with Gasteiger partial charge in [0.1, 0.15) is 11.1 Å². The highest BCUT2D eigenvalue weighted by Gasteiger charge is 2.15. The number of hydrogen-bond acceptors (Lipinski definition) is 3. The summed E-state index contributed by atoms with van der Waals surface area (Å²) in [6, 6.07) is 7.18. The number of carbonyl (C=O) groups is 1. The van der Waals surface area contributed by atoms with Gasteiger partial charge in [0.05, 0.1) is 5.69 Å². The van der Waals surface area contributed by atoms with E-state index in [9.17, 15) is 4.79 Å². The predicted octanol–water partition coefficient (Wildman–Crippen LogP) is 2.32. The number of anilines is 1. The van der Waals surface area contributed by atoms with Gasteiger partial charge in [-0.05, 0) is 25.0 Å². The zero-order valence-electron chi connectivity index (χ0n) is 11.5. The third kappa shape index (κ3) is 4.96. The second-order valence-corrected chi connectivity index (χ2v) is 5.21. The lowest BCUT2D eigenvalue weighted by Gasteiger charge is -2.16. The van der Waals surface area contributed by atoms with Crippen molar-refractivity contribution < 1.29 is 9.53 Å². The molecule has 0 heterocycles. The Balaban J connectivity index is 2.69. The molecule has 1 amide bonds. The third-order valence-electron chi connectivity index (χ3n) is 2.50. The molecule has 19 heavy (non-hydrogen) atoms. The van der Waals surface area contributed by atoms with Gasteiger partial charge >= 0.3 is 0 Å². The van der Waals surface area contributed by atoms with Gasteiger partial charge in [-0.3, -0.25) is 4.79 Å². The number of carbonyl (C=O) groups excluding carboxylic acids is 1. The Morgan fingerprint density at radius 1 is 1.37 bits per heavy atom. The summed E-state index contributed by atoms with van der Waals surface area (Å²) in [4.78, 5) is 12.2. The lowest BCUT2D eigenvalue weighted by Crippen LogP contribution is -2.29. The van der Waals surface area contributed by atoms with Crippen molar-refractivity contribution in [3.05, 3.63) is 29.8 Å². The zero-order valence-corrected chi connectivity index (χ0v) is 12.3. The van der Waals surface area contributed by atoms with Gasteiger partial charge in [-0.1, -0.05) is 38.2 Å². The third-order valence-corrected chi connectivity index (χ3v) is 2.72. The first-order chi connectivity index (χ1) is 8.91. The minimum Gasteiger partial charge on any atom is -0.389 e. The van der Waals surface area contributed by atoms with Gasteiger partial charge in [0.15, 0.2) is 0 Å². The van der Waals surface area contributed by atoms with E-state index in [1.165, 1.54) is 0 Å². The Labute approximate surface area is 119 Å². The van der Waals surface area contributed by atoms with Crippen LogP contribution in [-0.2, 0) is 9.53 Å². The van der Waals surface area contributed by atoms with Crippen LogP contribution in [0.4, 0.5) is 5.69 Å². The van der Waals surface area contributed by atoms with Gasteiger partial charge in [-0.25, -0.2) is 0 Å². The normalized spacial score (nSPS) is 12.2. The first-order valence-electron chi connectivity index (χ1n) is 6.23. The molecule has 0 saturated carbocycles. The monoisotopic (exact) mass is 280 g/mol. The number of nitrogens with two attached hydrogens (primary N) is 1. The van der Waals surface area contributed by atoms with Gasteiger partial charge in [-0.15, -0.1) is 0 Å². The average Bonchev–Trinajstić information content (AvgIpc) is 2.36. The van der Waals surface area contributed by atoms with E-state index in [0.717, 1.165) is 0 Å². The molecule has 4 nitrogen and oxygen atoms in total. The second-order valence-electron chi connectivity index (χ2n) is 4.77.